The average molecular weight is 440 g/mol. The van der Waals surface area contributed by atoms with Crippen molar-refractivity contribution in [3.8, 4) is 21.9 Å². The molecule has 0 saturated heterocycles. The van der Waals surface area contributed by atoms with E-state index in [1.54, 1.807) is 14.2 Å². The average Bonchev–Trinajstić information content (AvgIpc) is 3.15. The minimum absolute atomic E-state index is 0.0147. The highest BCUT2D eigenvalue weighted by molar-refractivity contribution is 7.19. The highest BCUT2D eigenvalue weighted by Crippen LogP contribution is 2.33. The van der Waals surface area contributed by atoms with Crippen LogP contribution < -0.4 is 15.2 Å². The van der Waals surface area contributed by atoms with Crippen molar-refractivity contribution < 1.29 is 14.3 Å². The van der Waals surface area contributed by atoms with Gasteiger partial charge >= 0.3 is 0 Å². The lowest BCUT2D eigenvalue weighted by Crippen LogP contribution is -2.39. The van der Waals surface area contributed by atoms with Crippen LogP contribution >= 0.6 is 11.3 Å². The van der Waals surface area contributed by atoms with Crippen LogP contribution in [0.2, 0.25) is 0 Å². The first kappa shape index (κ1) is 22.6. The highest BCUT2D eigenvalue weighted by atomic mass is 32.1. The Morgan fingerprint density at radius 3 is 2.52 bits per heavy atom. The maximum atomic E-state index is 13.5. The van der Waals surface area contributed by atoms with Crippen LogP contribution in [-0.4, -0.2) is 42.6 Å². The number of ether oxygens (including phenoxy) is 2. The second-order valence-electron chi connectivity index (χ2n) is 7.63. The van der Waals surface area contributed by atoms with Gasteiger partial charge in [-0.2, -0.15) is 0 Å². The van der Waals surface area contributed by atoms with Gasteiger partial charge in [-0.1, -0.05) is 47.2 Å². The Labute approximate surface area is 187 Å². The molecule has 2 N–H and O–H groups in total. The maximum absolute atomic E-state index is 13.5. The molecule has 0 atom stereocenters. The summed E-state index contributed by atoms with van der Waals surface area (Å²) in [6, 6.07) is 13.9. The monoisotopic (exact) mass is 439 g/mol. The molecule has 3 aromatic rings. The fourth-order valence-corrected chi connectivity index (χ4v) is 4.30. The third-order valence-corrected chi connectivity index (χ3v) is 6.03. The summed E-state index contributed by atoms with van der Waals surface area (Å²) in [7, 11) is 3.23. The van der Waals surface area contributed by atoms with E-state index < -0.39 is 0 Å². The van der Waals surface area contributed by atoms with Crippen molar-refractivity contribution in [2.24, 2.45) is 0 Å². The maximum Gasteiger partial charge on any atom is 0.274 e. The molecule has 0 fully saturated rings. The summed E-state index contributed by atoms with van der Waals surface area (Å²) in [5.41, 5.74) is 9.56. The van der Waals surface area contributed by atoms with E-state index in [2.05, 4.69) is 4.98 Å². The van der Waals surface area contributed by atoms with Crippen molar-refractivity contribution in [2.45, 2.75) is 33.2 Å². The number of aryl methyl sites for hydroxylation is 1. The van der Waals surface area contributed by atoms with Crippen molar-refractivity contribution in [3.05, 3.63) is 59.3 Å². The molecule has 1 aromatic heterocycles. The predicted molar refractivity (Wildman–Crippen MR) is 126 cm³/mol. The topological polar surface area (TPSA) is 77.7 Å². The largest absolute Gasteiger partial charge is 0.493 e. The molecule has 0 bridgehead atoms. The van der Waals surface area contributed by atoms with E-state index in [-0.39, 0.29) is 11.9 Å². The molecule has 0 aliphatic rings. The number of rotatable bonds is 8. The second kappa shape index (κ2) is 9.83. The molecule has 1 heterocycles. The number of anilines is 1. The van der Waals surface area contributed by atoms with Gasteiger partial charge in [0.15, 0.2) is 16.6 Å². The molecule has 3 rings (SSSR count). The summed E-state index contributed by atoms with van der Waals surface area (Å²) >= 11 is 1.35. The van der Waals surface area contributed by atoms with Crippen LogP contribution in [0.15, 0.2) is 42.5 Å². The van der Waals surface area contributed by atoms with Crippen LogP contribution in [0, 0.1) is 6.92 Å². The summed E-state index contributed by atoms with van der Waals surface area (Å²) in [6.07, 6.45) is 0.684. The molecular weight excluding hydrogens is 410 g/mol. The van der Waals surface area contributed by atoms with E-state index in [0.717, 1.165) is 21.6 Å². The van der Waals surface area contributed by atoms with Crippen LogP contribution in [0.25, 0.3) is 10.4 Å². The van der Waals surface area contributed by atoms with Crippen LogP contribution in [0.5, 0.6) is 11.5 Å². The predicted octanol–water partition coefficient (Wildman–Crippen LogP) is 4.81. The van der Waals surface area contributed by atoms with Crippen molar-refractivity contribution in [1.82, 2.24) is 9.88 Å². The molecular formula is C24H29N3O3S. The first-order valence-electron chi connectivity index (χ1n) is 10.2. The number of amides is 1. The molecule has 164 valence electrons. The van der Waals surface area contributed by atoms with E-state index in [0.29, 0.717) is 35.3 Å². The highest BCUT2D eigenvalue weighted by Gasteiger charge is 2.25. The smallest absolute Gasteiger partial charge is 0.274 e. The molecule has 0 aliphatic heterocycles. The lowest BCUT2D eigenvalue weighted by atomic mass is 10.1. The number of carbonyl (C=O) groups excluding carboxylic acids is 1. The number of nitrogen functional groups attached to an aromatic ring is 1. The lowest BCUT2D eigenvalue weighted by molar-refractivity contribution is 0.0704. The summed E-state index contributed by atoms with van der Waals surface area (Å²) in [5.74, 6) is 1.25. The fourth-order valence-electron chi connectivity index (χ4n) is 3.48. The van der Waals surface area contributed by atoms with E-state index in [1.807, 2.05) is 68.1 Å². The quantitative estimate of drug-likeness (QED) is 0.545. The van der Waals surface area contributed by atoms with E-state index in [1.165, 1.54) is 11.3 Å². The van der Waals surface area contributed by atoms with E-state index >= 15 is 0 Å². The molecule has 1 amide bonds. The fraction of sp³-hybridized carbons (Fsp3) is 0.333. The van der Waals surface area contributed by atoms with Crippen LogP contribution in [0.1, 0.15) is 35.5 Å². The first-order valence-corrected chi connectivity index (χ1v) is 11.0. The van der Waals surface area contributed by atoms with E-state index in [4.69, 9.17) is 15.2 Å². The van der Waals surface area contributed by atoms with Gasteiger partial charge < -0.3 is 20.1 Å². The number of methoxy groups -OCH3 is 2. The van der Waals surface area contributed by atoms with Gasteiger partial charge in [-0.25, -0.2) is 4.98 Å². The zero-order valence-corrected chi connectivity index (χ0v) is 19.5. The molecule has 0 radical (unpaired) electrons. The summed E-state index contributed by atoms with van der Waals surface area (Å²) in [6.45, 7) is 6.60. The summed E-state index contributed by atoms with van der Waals surface area (Å²) in [5, 5.41) is 0.392. The zero-order chi connectivity index (χ0) is 22.5. The number of aromatic nitrogens is 1. The molecule has 6 nitrogen and oxygen atoms in total. The Morgan fingerprint density at radius 2 is 1.87 bits per heavy atom. The van der Waals surface area contributed by atoms with E-state index in [9.17, 15) is 4.79 Å². The first-order chi connectivity index (χ1) is 14.8. The molecule has 0 spiro atoms. The zero-order valence-electron chi connectivity index (χ0n) is 18.6. The Kier molecular flexibility index (Phi) is 7.17. The van der Waals surface area contributed by atoms with Gasteiger partial charge in [0, 0.05) is 12.6 Å². The number of nitrogens with zero attached hydrogens (tertiary/aromatic N) is 2. The third kappa shape index (κ3) is 5.17. The third-order valence-electron chi connectivity index (χ3n) is 5.10. The molecule has 0 saturated carbocycles. The molecule has 0 unspecified atom stereocenters. The van der Waals surface area contributed by atoms with Crippen LogP contribution in [-0.2, 0) is 6.42 Å². The molecule has 2 aromatic carbocycles. The second-order valence-corrected chi connectivity index (χ2v) is 8.66. The van der Waals surface area contributed by atoms with Crippen molar-refractivity contribution >= 4 is 22.4 Å². The normalized spacial score (nSPS) is 10.9. The number of hydrogen-bond donors (Lipinski definition) is 1. The van der Waals surface area contributed by atoms with Gasteiger partial charge in [0.05, 0.1) is 19.1 Å². The molecule has 31 heavy (non-hydrogen) atoms. The molecule has 7 heteroatoms. The number of nitrogens with two attached hydrogens (primary N) is 1. The van der Waals surface area contributed by atoms with Crippen LogP contribution in [0.3, 0.4) is 0 Å². The Hall–Kier alpha value is -3.06. The Balaban J connectivity index is 1.85. The Morgan fingerprint density at radius 1 is 1.13 bits per heavy atom. The lowest BCUT2D eigenvalue weighted by Gasteiger charge is -2.26. The summed E-state index contributed by atoms with van der Waals surface area (Å²) in [4.78, 5) is 20.5. The summed E-state index contributed by atoms with van der Waals surface area (Å²) < 4.78 is 10.7. The van der Waals surface area contributed by atoms with Gasteiger partial charge in [0.1, 0.15) is 5.69 Å². The van der Waals surface area contributed by atoms with Gasteiger partial charge in [-0.3, -0.25) is 4.79 Å². The number of carbonyl (C=O) groups is 1. The van der Waals surface area contributed by atoms with Crippen LogP contribution in [0.4, 0.5) is 5.13 Å². The minimum atomic E-state index is -0.111. The minimum Gasteiger partial charge on any atom is -0.493 e. The van der Waals surface area contributed by atoms with Gasteiger partial charge in [0.25, 0.3) is 5.91 Å². The van der Waals surface area contributed by atoms with Gasteiger partial charge in [-0.05, 0) is 50.5 Å². The van der Waals surface area contributed by atoms with Crippen molar-refractivity contribution in [1.29, 1.82) is 0 Å². The molecule has 0 aliphatic carbocycles. The van der Waals surface area contributed by atoms with Crippen molar-refractivity contribution in [2.75, 3.05) is 26.5 Å². The van der Waals surface area contributed by atoms with Gasteiger partial charge in [0.2, 0.25) is 0 Å². The Bertz CT molecular complexity index is 1060. The van der Waals surface area contributed by atoms with Crippen molar-refractivity contribution in [3.63, 3.8) is 0 Å². The number of hydrogen-bond acceptors (Lipinski definition) is 6. The standard InChI is InChI=1S/C24H29N3O3S/c1-15(2)27(12-11-17-9-10-19(29-4)20(14-17)30-5)23(28)21-22(31-24(25)26-21)18-8-6-7-16(3)13-18/h6-10,13-15H,11-12H2,1-5H3,(H2,25,26). The number of benzene rings is 2. The van der Waals surface area contributed by atoms with Gasteiger partial charge in [-0.15, -0.1) is 0 Å². The SMILES string of the molecule is COc1ccc(CCN(C(=O)c2nc(N)sc2-c2cccc(C)c2)C(C)C)cc1OC. The number of thiazole rings is 1.